The zero-order chi connectivity index (χ0) is 14.9. The second-order valence-corrected chi connectivity index (χ2v) is 6.36. The SMILES string of the molecule is CC(C)C(C)NC(=O)CN1C(=O)C2CCCCC2C1=O. The molecule has 1 heterocycles. The maximum atomic E-state index is 12.2. The third-order valence-corrected chi connectivity index (χ3v) is 4.62. The van der Waals surface area contributed by atoms with Crippen molar-refractivity contribution in [1.29, 1.82) is 0 Å². The number of amides is 3. The van der Waals surface area contributed by atoms with Crippen molar-refractivity contribution in [2.75, 3.05) is 6.54 Å². The summed E-state index contributed by atoms with van der Waals surface area (Å²) in [6, 6.07) is 0.0394. The van der Waals surface area contributed by atoms with E-state index in [1.165, 1.54) is 4.90 Å². The Hall–Kier alpha value is -1.39. The zero-order valence-corrected chi connectivity index (χ0v) is 12.5. The molecule has 2 aliphatic rings. The van der Waals surface area contributed by atoms with E-state index in [1.54, 1.807) is 0 Å². The van der Waals surface area contributed by atoms with E-state index >= 15 is 0 Å². The van der Waals surface area contributed by atoms with Crippen LogP contribution in [-0.2, 0) is 14.4 Å². The molecule has 3 unspecified atom stereocenters. The molecule has 0 aromatic carbocycles. The van der Waals surface area contributed by atoms with Crippen molar-refractivity contribution in [1.82, 2.24) is 10.2 Å². The van der Waals surface area contributed by atoms with Gasteiger partial charge in [-0.15, -0.1) is 0 Å². The van der Waals surface area contributed by atoms with Crippen molar-refractivity contribution in [2.45, 2.75) is 52.5 Å². The highest BCUT2D eigenvalue weighted by molar-refractivity contribution is 6.07. The Morgan fingerprint density at radius 2 is 1.65 bits per heavy atom. The molecule has 112 valence electrons. The monoisotopic (exact) mass is 280 g/mol. The Labute approximate surface area is 120 Å². The number of fused-ring (bicyclic) bond motifs is 1. The fourth-order valence-electron chi connectivity index (χ4n) is 3.00. The van der Waals surface area contributed by atoms with E-state index in [0.717, 1.165) is 25.7 Å². The molecule has 1 saturated heterocycles. The van der Waals surface area contributed by atoms with Gasteiger partial charge < -0.3 is 5.32 Å². The van der Waals surface area contributed by atoms with Gasteiger partial charge in [0.15, 0.2) is 0 Å². The van der Waals surface area contributed by atoms with Crippen LogP contribution in [0.1, 0.15) is 46.5 Å². The number of nitrogens with one attached hydrogen (secondary N) is 1. The molecule has 1 N–H and O–H groups in total. The quantitative estimate of drug-likeness (QED) is 0.790. The summed E-state index contributed by atoms with van der Waals surface area (Å²) in [7, 11) is 0. The smallest absolute Gasteiger partial charge is 0.240 e. The van der Waals surface area contributed by atoms with Crippen LogP contribution >= 0.6 is 0 Å². The van der Waals surface area contributed by atoms with Crippen LogP contribution in [0.4, 0.5) is 0 Å². The van der Waals surface area contributed by atoms with Crippen molar-refractivity contribution >= 4 is 17.7 Å². The van der Waals surface area contributed by atoms with Crippen LogP contribution in [0.25, 0.3) is 0 Å². The third kappa shape index (κ3) is 2.86. The van der Waals surface area contributed by atoms with Gasteiger partial charge in [0.05, 0.1) is 11.8 Å². The minimum atomic E-state index is -0.244. The van der Waals surface area contributed by atoms with Gasteiger partial charge in [0.1, 0.15) is 6.54 Å². The average molecular weight is 280 g/mol. The van der Waals surface area contributed by atoms with Crippen LogP contribution in [0.2, 0.25) is 0 Å². The fraction of sp³-hybridized carbons (Fsp3) is 0.800. The van der Waals surface area contributed by atoms with E-state index in [2.05, 4.69) is 5.32 Å². The molecular formula is C15H24N2O3. The van der Waals surface area contributed by atoms with Crippen LogP contribution in [0.5, 0.6) is 0 Å². The van der Waals surface area contributed by atoms with E-state index in [4.69, 9.17) is 0 Å². The molecule has 0 bridgehead atoms. The molecule has 1 saturated carbocycles. The van der Waals surface area contributed by atoms with Crippen molar-refractivity contribution < 1.29 is 14.4 Å². The standard InChI is InChI=1S/C15H24N2O3/c1-9(2)10(3)16-13(18)8-17-14(19)11-6-4-5-7-12(11)15(17)20/h9-12H,4-8H2,1-3H3,(H,16,18). The van der Waals surface area contributed by atoms with Gasteiger partial charge in [0, 0.05) is 6.04 Å². The van der Waals surface area contributed by atoms with Crippen LogP contribution in [0.15, 0.2) is 0 Å². The highest BCUT2D eigenvalue weighted by Crippen LogP contribution is 2.37. The number of hydrogen-bond acceptors (Lipinski definition) is 3. The van der Waals surface area contributed by atoms with Gasteiger partial charge in [-0.2, -0.15) is 0 Å². The van der Waals surface area contributed by atoms with Crippen LogP contribution in [-0.4, -0.2) is 35.2 Å². The number of hydrogen-bond donors (Lipinski definition) is 1. The highest BCUT2D eigenvalue weighted by atomic mass is 16.2. The minimum absolute atomic E-state index is 0.0394. The second-order valence-electron chi connectivity index (χ2n) is 6.36. The Kier molecular flexibility index (Phi) is 4.45. The van der Waals surface area contributed by atoms with Gasteiger partial charge >= 0.3 is 0 Å². The molecule has 3 atom stereocenters. The van der Waals surface area contributed by atoms with Crippen molar-refractivity contribution in [3.05, 3.63) is 0 Å². The summed E-state index contributed by atoms with van der Waals surface area (Å²) in [5, 5.41) is 2.84. The van der Waals surface area contributed by atoms with E-state index < -0.39 is 0 Å². The second kappa shape index (κ2) is 5.94. The van der Waals surface area contributed by atoms with E-state index in [1.807, 2.05) is 20.8 Å². The molecule has 1 aliphatic carbocycles. The average Bonchev–Trinajstić information content (AvgIpc) is 2.64. The number of carbonyl (C=O) groups is 3. The lowest BCUT2D eigenvalue weighted by molar-refractivity contribution is -0.143. The molecule has 20 heavy (non-hydrogen) atoms. The lowest BCUT2D eigenvalue weighted by atomic mass is 9.81. The first-order valence-electron chi connectivity index (χ1n) is 7.56. The Balaban J connectivity index is 1.97. The summed E-state index contributed by atoms with van der Waals surface area (Å²) in [5.74, 6) is -0.560. The molecule has 2 fully saturated rings. The van der Waals surface area contributed by atoms with Crippen molar-refractivity contribution in [3.63, 3.8) is 0 Å². The van der Waals surface area contributed by atoms with Gasteiger partial charge in [-0.3, -0.25) is 19.3 Å². The number of likely N-dealkylation sites (tertiary alicyclic amines) is 1. The van der Waals surface area contributed by atoms with E-state index in [0.29, 0.717) is 5.92 Å². The van der Waals surface area contributed by atoms with Gasteiger partial charge in [0.2, 0.25) is 17.7 Å². The van der Waals surface area contributed by atoms with E-state index in [-0.39, 0.29) is 42.1 Å². The van der Waals surface area contributed by atoms with Gasteiger partial charge in [-0.05, 0) is 25.7 Å². The lowest BCUT2D eigenvalue weighted by Gasteiger charge is -2.20. The molecular weight excluding hydrogens is 256 g/mol. The molecule has 5 heteroatoms. The van der Waals surface area contributed by atoms with Gasteiger partial charge in [-0.25, -0.2) is 0 Å². The maximum absolute atomic E-state index is 12.2. The third-order valence-electron chi connectivity index (χ3n) is 4.62. The largest absolute Gasteiger partial charge is 0.352 e. The van der Waals surface area contributed by atoms with Crippen LogP contribution in [0, 0.1) is 17.8 Å². The van der Waals surface area contributed by atoms with Gasteiger partial charge in [0.25, 0.3) is 0 Å². The Morgan fingerprint density at radius 3 is 2.10 bits per heavy atom. The number of nitrogens with zero attached hydrogens (tertiary/aromatic N) is 1. The van der Waals surface area contributed by atoms with E-state index in [9.17, 15) is 14.4 Å². The summed E-state index contributed by atoms with van der Waals surface area (Å²) >= 11 is 0. The summed E-state index contributed by atoms with van der Waals surface area (Å²) in [6.07, 6.45) is 3.58. The fourth-order valence-corrected chi connectivity index (χ4v) is 3.00. The highest BCUT2D eigenvalue weighted by Gasteiger charge is 2.48. The van der Waals surface area contributed by atoms with Crippen molar-refractivity contribution in [3.8, 4) is 0 Å². The van der Waals surface area contributed by atoms with Crippen LogP contribution < -0.4 is 5.32 Å². The molecule has 0 aromatic rings. The molecule has 1 aliphatic heterocycles. The summed E-state index contributed by atoms with van der Waals surface area (Å²) < 4.78 is 0. The lowest BCUT2D eigenvalue weighted by Crippen LogP contribution is -2.45. The topological polar surface area (TPSA) is 66.5 Å². The van der Waals surface area contributed by atoms with Crippen LogP contribution in [0.3, 0.4) is 0 Å². The summed E-state index contributed by atoms with van der Waals surface area (Å²) in [4.78, 5) is 37.6. The predicted octanol–water partition coefficient (Wildman–Crippen LogP) is 1.32. The Bertz CT molecular complexity index is 395. The number of carbonyl (C=O) groups excluding carboxylic acids is 3. The molecule has 0 spiro atoms. The summed E-state index contributed by atoms with van der Waals surface area (Å²) in [6.45, 7) is 5.84. The number of rotatable bonds is 4. The Morgan fingerprint density at radius 1 is 1.15 bits per heavy atom. The minimum Gasteiger partial charge on any atom is -0.352 e. The zero-order valence-electron chi connectivity index (χ0n) is 12.5. The number of imide groups is 1. The maximum Gasteiger partial charge on any atom is 0.240 e. The normalized spacial score (nSPS) is 27.7. The molecule has 5 nitrogen and oxygen atoms in total. The predicted molar refractivity (Wildman–Crippen MR) is 74.6 cm³/mol. The first-order valence-corrected chi connectivity index (χ1v) is 7.56. The first-order chi connectivity index (χ1) is 9.41. The molecule has 2 rings (SSSR count). The molecule has 3 amide bonds. The van der Waals surface area contributed by atoms with Crippen molar-refractivity contribution in [2.24, 2.45) is 17.8 Å². The van der Waals surface area contributed by atoms with Gasteiger partial charge in [-0.1, -0.05) is 26.7 Å². The molecule has 0 aromatic heterocycles. The first kappa shape index (κ1) is 15.0. The summed E-state index contributed by atoms with van der Waals surface area (Å²) in [5.41, 5.74) is 0. The molecule has 0 radical (unpaired) electrons.